The quantitative estimate of drug-likeness (QED) is 0.733. The van der Waals surface area contributed by atoms with Crippen LogP contribution in [0.3, 0.4) is 0 Å². The van der Waals surface area contributed by atoms with Crippen molar-refractivity contribution >= 4 is 11.9 Å². The van der Waals surface area contributed by atoms with Crippen LogP contribution in [0.2, 0.25) is 0 Å². The van der Waals surface area contributed by atoms with Gasteiger partial charge in [0.15, 0.2) is 0 Å². The molecule has 3 rings (SSSR count). The van der Waals surface area contributed by atoms with E-state index in [2.05, 4.69) is 10.3 Å². The van der Waals surface area contributed by atoms with Gasteiger partial charge in [-0.3, -0.25) is 10.1 Å². The number of amides is 1. The van der Waals surface area contributed by atoms with Crippen LogP contribution in [0.4, 0.5) is 10.3 Å². The minimum atomic E-state index is -0.382. The molecule has 0 radical (unpaired) electrons. The molecule has 5 nitrogen and oxygen atoms in total. The number of benzene rings is 2. The topological polar surface area (TPSA) is 56.1 Å². The zero-order valence-corrected chi connectivity index (χ0v) is 14.9. The largest absolute Gasteiger partial charge is 0.497 e. The van der Waals surface area contributed by atoms with Crippen molar-refractivity contribution in [3.63, 3.8) is 0 Å². The van der Waals surface area contributed by atoms with E-state index in [0.717, 1.165) is 17.0 Å². The van der Waals surface area contributed by atoms with Gasteiger partial charge in [-0.2, -0.15) is 0 Å². The molecule has 134 valence electrons. The third kappa shape index (κ3) is 3.59. The molecular weight excluding hydrogens is 333 g/mol. The van der Waals surface area contributed by atoms with Gasteiger partial charge >= 0.3 is 0 Å². The number of carbonyl (C=O) groups is 1. The van der Waals surface area contributed by atoms with Crippen molar-refractivity contribution in [2.24, 2.45) is 0 Å². The Labute approximate surface area is 151 Å². The second-order valence-corrected chi connectivity index (χ2v) is 6.12. The summed E-state index contributed by atoms with van der Waals surface area (Å²) in [6, 6.07) is 13.1. The number of methoxy groups -OCH3 is 1. The van der Waals surface area contributed by atoms with E-state index in [1.807, 2.05) is 42.7 Å². The number of anilines is 1. The molecule has 0 unspecified atom stereocenters. The monoisotopic (exact) mass is 353 g/mol. The molecule has 0 spiro atoms. The predicted molar refractivity (Wildman–Crippen MR) is 99.0 cm³/mol. The van der Waals surface area contributed by atoms with Crippen molar-refractivity contribution in [2.45, 2.75) is 19.9 Å². The van der Waals surface area contributed by atoms with E-state index in [9.17, 15) is 9.18 Å². The summed E-state index contributed by atoms with van der Waals surface area (Å²) in [6.45, 7) is 4.03. The van der Waals surface area contributed by atoms with Crippen LogP contribution in [0.1, 0.15) is 30.2 Å². The van der Waals surface area contributed by atoms with Gasteiger partial charge in [-0.25, -0.2) is 9.37 Å². The summed E-state index contributed by atoms with van der Waals surface area (Å²) in [6.07, 6.45) is 1.72. The lowest BCUT2D eigenvalue weighted by atomic mass is 10.1. The Kier molecular flexibility index (Phi) is 5.02. The van der Waals surface area contributed by atoms with E-state index in [4.69, 9.17) is 4.74 Å². The highest BCUT2D eigenvalue weighted by Crippen LogP contribution is 2.28. The van der Waals surface area contributed by atoms with Crippen LogP contribution in [0.15, 0.2) is 54.7 Å². The van der Waals surface area contributed by atoms with Crippen molar-refractivity contribution in [2.75, 3.05) is 12.4 Å². The first-order valence-corrected chi connectivity index (χ1v) is 8.28. The fraction of sp³-hybridized carbons (Fsp3) is 0.200. The van der Waals surface area contributed by atoms with Gasteiger partial charge in [-0.15, -0.1) is 0 Å². The first-order chi connectivity index (χ1) is 12.5. The van der Waals surface area contributed by atoms with Crippen LogP contribution in [0.25, 0.3) is 11.3 Å². The summed E-state index contributed by atoms with van der Waals surface area (Å²) in [5, 5.41) is 2.81. The molecule has 2 aromatic carbocycles. The highest BCUT2D eigenvalue weighted by atomic mass is 19.1. The molecule has 0 fully saturated rings. The Morgan fingerprint density at radius 1 is 1.12 bits per heavy atom. The number of rotatable bonds is 5. The molecule has 6 heteroatoms. The van der Waals surface area contributed by atoms with Crippen LogP contribution in [-0.2, 0) is 0 Å². The SMILES string of the molecule is COc1ccc(-c2cnc(NC(=O)c3ccc(F)cc3)n2C(C)C)cc1. The molecule has 3 aromatic rings. The molecule has 26 heavy (non-hydrogen) atoms. The van der Waals surface area contributed by atoms with Gasteiger partial charge in [-0.1, -0.05) is 0 Å². The third-order valence-electron chi connectivity index (χ3n) is 4.03. The van der Waals surface area contributed by atoms with Gasteiger partial charge in [0.2, 0.25) is 5.95 Å². The Morgan fingerprint density at radius 2 is 1.77 bits per heavy atom. The summed E-state index contributed by atoms with van der Waals surface area (Å²) in [5.74, 6) is 0.500. The van der Waals surface area contributed by atoms with Gasteiger partial charge in [-0.05, 0) is 62.4 Å². The van der Waals surface area contributed by atoms with Gasteiger partial charge < -0.3 is 9.30 Å². The molecule has 1 amide bonds. The van der Waals surface area contributed by atoms with Crippen molar-refractivity contribution < 1.29 is 13.9 Å². The number of nitrogens with one attached hydrogen (secondary N) is 1. The van der Waals surface area contributed by atoms with Gasteiger partial charge in [0.1, 0.15) is 11.6 Å². The van der Waals surface area contributed by atoms with Crippen molar-refractivity contribution in [3.05, 3.63) is 66.1 Å². The lowest BCUT2D eigenvalue weighted by Gasteiger charge is -2.16. The second kappa shape index (κ2) is 7.39. The van der Waals surface area contributed by atoms with Crippen LogP contribution < -0.4 is 10.1 Å². The maximum absolute atomic E-state index is 13.0. The smallest absolute Gasteiger partial charge is 0.257 e. The molecule has 1 N–H and O–H groups in total. The van der Waals surface area contributed by atoms with Crippen molar-refractivity contribution in [1.29, 1.82) is 0 Å². The fourth-order valence-corrected chi connectivity index (χ4v) is 2.73. The van der Waals surface area contributed by atoms with E-state index in [1.54, 1.807) is 13.3 Å². The first-order valence-electron chi connectivity index (χ1n) is 8.28. The molecule has 0 aliphatic rings. The fourth-order valence-electron chi connectivity index (χ4n) is 2.73. The zero-order valence-electron chi connectivity index (χ0n) is 14.9. The normalized spacial score (nSPS) is 10.8. The number of imidazole rings is 1. The molecule has 0 aliphatic heterocycles. The number of hydrogen-bond donors (Lipinski definition) is 1. The summed E-state index contributed by atoms with van der Waals surface area (Å²) in [7, 11) is 1.62. The van der Waals surface area contributed by atoms with Crippen LogP contribution in [0.5, 0.6) is 5.75 Å². The lowest BCUT2D eigenvalue weighted by Crippen LogP contribution is -2.17. The lowest BCUT2D eigenvalue weighted by molar-refractivity contribution is 0.102. The molecule has 0 saturated heterocycles. The van der Waals surface area contributed by atoms with Crippen molar-refractivity contribution in [3.8, 4) is 17.0 Å². The summed E-state index contributed by atoms with van der Waals surface area (Å²) < 4.78 is 20.2. The Hall–Kier alpha value is -3.15. The highest BCUT2D eigenvalue weighted by Gasteiger charge is 2.17. The molecule has 0 saturated carbocycles. The number of hydrogen-bond acceptors (Lipinski definition) is 3. The third-order valence-corrected chi connectivity index (χ3v) is 4.03. The van der Waals surface area contributed by atoms with Crippen LogP contribution in [0, 0.1) is 5.82 Å². The van der Waals surface area contributed by atoms with Gasteiger partial charge in [0.25, 0.3) is 5.91 Å². The Balaban J connectivity index is 1.91. The van der Waals surface area contributed by atoms with E-state index in [1.165, 1.54) is 24.3 Å². The maximum atomic E-state index is 13.0. The molecule has 1 heterocycles. The Morgan fingerprint density at radius 3 is 2.35 bits per heavy atom. The summed E-state index contributed by atoms with van der Waals surface area (Å²) in [4.78, 5) is 16.8. The average Bonchev–Trinajstić information content (AvgIpc) is 3.06. The number of aromatic nitrogens is 2. The summed E-state index contributed by atoms with van der Waals surface area (Å²) in [5.41, 5.74) is 2.22. The molecular formula is C20H20FN3O2. The zero-order chi connectivity index (χ0) is 18.7. The van der Waals surface area contributed by atoms with Crippen LogP contribution >= 0.6 is 0 Å². The second-order valence-electron chi connectivity index (χ2n) is 6.12. The Bertz CT molecular complexity index is 900. The van der Waals surface area contributed by atoms with E-state index in [0.29, 0.717) is 11.5 Å². The van der Waals surface area contributed by atoms with E-state index < -0.39 is 0 Å². The minimum Gasteiger partial charge on any atom is -0.497 e. The first kappa shape index (κ1) is 17.7. The van der Waals surface area contributed by atoms with Crippen LogP contribution in [-0.4, -0.2) is 22.6 Å². The molecule has 1 aromatic heterocycles. The van der Waals surface area contributed by atoms with E-state index in [-0.39, 0.29) is 17.8 Å². The number of ether oxygens (including phenoxy) is 1. The number of halogens is 1. The summed E-state index contributed by atoms with van der Waals surface area (Å²) >= 11 is 0. The molecule has 0 atom stereocenters. The molecule has 0 bridgehead atoms. The number of nitrogens with zero attached hydrogens (tertiary/aromatic N) is 2. The minimum absolute atomic E-state index is 0.0816. The average molecular weight is 353 g/mol. The molecule has 0 aliphatic carbocycles. The standard InChI is InChI=1S/C20H20FN3O2/c1-13(2)24-18(14-6-10-17(26-3)11-7-14)12-22-20(24)23-19(25)15-4-8-16(21)9-5-15/h4-13H,1-3H3,(H,22,23,25). The van der Waals surface area contributed by atoms with Gasteiger partial charge in [0, 0.05) is 17.2 Å². The van der Waals surface area contributed by atoms with Gasteiger partial charge in [0.05, 0.1) is 19.0 Å². The highest BCUT2D eigenvalue weighted by molar-refractivity contribution is 6.03. The van der Waals surface area contributed by atoms with Crippen molar-refractivity contribution in [1.82, 2.24) is 9.55 Å². The van der Waals surface area contributed by atoms with E-state index >= 15 is 0 Å². The number of carbonyl (C=O) groups excluding carboxylic acids is 1. The predicted octanol–water partition coefficient (Wildman–Crippen LogP) is 4.53. The maximum Gasteiger partial charge on any atom is 0.257 e.